The van der Waals surface area contributed by atoms with Gasteiger partial charge in [0.2, 0.25) is 0 Å². The number of hydrogen-bond donors (Lipinski definition) is 1. The molecule has 2 aliphatic carbocycles. The number of amides is 1. The maximum atomic E-state index is 17.7. The molecule has 0 unspecified atom stereocenters. The van der Waals surface area contributed by atoms with Gasteiger partial charge in [-0.3, -0.25) is 14.2 Å². The Kier molecular flexibility index (Phi) is 8.59. The van der Waals surface area contributed by atoms with Crippen LogP contribution in [0.5, 0.6) is 0 Å². The van der Waals surface area contributed by atoms with E-state index in [1.54, 1.807) is 0 Å². The van der Waals surface area contributed by atoms with Crippen LogP contribution in [0.3, 0.4) is 0 Å². The Morgan fingerprint density at radius 2 is 1.60 bits per heavy atom. The smallest absolute Gasteiger partial charge is 0.384 e. The SMILES string of the molecule is C=C(F)C(=O)N1CCN(c2c(S(C)(=O)=O)c(=O)n(-c3c(C4CC4)ncnc3C3CC3)c3c(F)c(-c4nc(N)cc(C)c4C(F)(F)F)c(Cl)cc23)CC1. The molecule has 1 aromatic carbocycles. The van der Waals surface area contributed by atoms with Crippen molar-refractivity contribution in [1.29, 1.82) is 0 Å². The summed E-state index contributed by atoms with van der Waals surface area (Å²) in [7, 11) is -4.45. The van der Waals surface area contributed by atoms with Crippen LogP contribution in [-0.4, -0.2) is 71.2 Å². The predicted octanol–water partition coefficient (Wildman–Crippen LogP) is 5.83. The van der Waals surface area contributed by atoms with Crippen molar-refractivity contribution in [2.24, 2.45) is 0 Å². The molecule has 7 rings (SSSR count). The van der Waals surface area contributed by atoms with Gasteiger partial charge >= 0.3 is 6.18 Å². The minimum absolute atomic E-state index is 0.0655. The van der Waals surface area contributed by atoms with Crippen molar-refractivity contribution < 1.29 is 35.2 Å². The van der Waals surface area contributed by atoms with Gasteiger partial charge in [-0.2, -0.15) is 13.2 Å². The average molecular weight is 764 g/mol. The normalized spacial score (nSPS) is 16.8. The Balaban J connectivity index is 1.64. The first-order valence-corrected chi connectivity index (χ1v) is 18.6. The van der Waals surface area contributed by atoms with Gasteiger partial charge in [-0.1, -0.05) is 18.2 Å². The van der Waals surface area contributed by atoms with E-state index in [1.807, 2.05) is 0 Å². The number of halogens is 6. The Hall–Kier alpha value is -4.64. The zero-order chi connectivity index (χ0) is 37.6. The van der Waals surface area contributed by atoms with Gasteiger partial charge in [0.25, 0.3) is 11.5 Å². The van der Waals surface area contributed by atoms with E-state index in [1.165, 1.54) is 11.2 Å². The Morgan fingerprint density at radius 1 is 1.02 bits per heavy atom. The fraction of sp³-hybridized carbons (Fsp3) is 0.382. The number of benzene rings is 1. The average Bonchev–Trinajstić information content (AvgIpc) is 3.97. The molecule has 0 atom stereocenters. The van der Waals surface area contributed by atoms with E-state index >= 15 is 4.39 Å². The van der Waals surface area contributed by atoms with Gasteiger partial charge in [-0.05, 0) is 50.3 Å². The molecule has 18 heteroatoms. The van der Waals surface area contributed by atoms with Crippen LogP contribution < -0.4 is 16.2 Å². The van der Waals surface area contributed by atoms with Crippen molar-refractivity contribution in [3.05, 3.63) is 74.6 Å². The molecule has 0 spiro atoms. The second kappa shape index (κ2) is 12.5. The van der Waals surface area contributed by atoms with E-state index in [2.05, 4.69) is 21.5 Å². The van der Waals surface area contributed by atoms with Crippen LogP contribution in [0.25, 0.3) is 27.8 Å². The summed E-state index contributed by atoms with van der Waals surface area (Å²) in [6.45, 7) is 3.64. The fourth-order valence-electron chi connectivity index (χ4n) is 7.00. The van der Waals surface area contributed by atoms with Crippen LogP contribution in [0.4, 0.5) is 33.5 Å². The van der Waals surface area contributed by atoms with Gasteiger partial charge < -0.3 is 15.5 Å². The quantitative estimate of drug-likeness (QED) is 0.182. The molecular formula is C34H31ClF5N7O4S. The standard InChI is InChI=1S/C34H31ClF5N7O4S/c1-15-12-21(41)44-27(23(15)34(38,39)40)22-20(35)13-19-28(24(22)37)47(30-25(17-4-5-17)42-14-43-26(30)18-6-7-18)33(49)31(52(3,50)51)29(19)45-8-10-46(11-9-45)32(48)16(2)36/h12-14,17-18H,2,4-11H2,1,3H3,(H2,41,44). The number of nitrogens with zero attached hydrogens (tertiary/aromatic N) is 6. The van der Waals surface area contributed by atoms with Gasteiger partial charge in [0.15, 0.2) is 26.4 Å². The lowest BCUT2D eigenvalue weighted by molar-refractivity contribution is -0.137. The summed E-state index contributed by atoms with van der Waals surface area (Å²) in [5.41, 5.74) is 1.27. The van der Waals surface area contributed by atoms with Gasteiger partial charge in [-0.25, -0.2) is 32.2 Å². The number of fused-ring (bicyclic) bond motifs is 1. The Morgan fingerprint density at radius 3 is 2.10 bits per heavy atom. The number of pyridine rings is 2. The highest BCUT2D eigenvalue weighted by atomic mass is 35.5. The number of aromatic nitrogens is 4. The molecule has 52 heavy (non-hydrogen) atoms. The summed E-state index contributed by atoms with van der Waals surface area (Å²) >= 11 is 6.70. The van der Waals surface area contributed by atoms with E-state index < -0.39 is 71.4 Å². The lowest BCUT2D eigenvalue weighted by Crippen LogP contribution is -2.49. The molecule has 4 aromatic rings. The van der Waals surface area contributed by atoms with Gasteiger partial charge in [0.05, 0.1) is 50.1 Å². The van der Waals surface area contributed by atoms with E-state index in [9.17, 15) is 35.6 Å². The number of nitrogen functional groups attached to an aromatic ring is 1. The second-order valence-electron chi connectivity index (χ2n) is 13.3. The zero-order valence-corrected chi connectivity index (χ0v) is 29.4. The van der Waals surface area contributed by atoms with Crippen molar-refractivity contribution in [2.45, 2.75) is 55.5 Å². The third kappa shape index (κ3) is 6.06. The first kappa shape index (κ1) is 35.7. The molecule has 1 amide bonds. The third-order valence-corrected chi connectivity index (χ3v) is 11.0. The number of nitrogens with two attached hydrogens (primary N) is 1. The van der Waals surface area contributed by atoms with Crippen LogP contribution >= 0.6 is 11.6 Å². The Labute approximate surface area is 298 Å². The molecule has 1 aliphatic heterocycles. The zero-order valence-electron chi connectivity index (χ0n) is 27.8. The lowest BCUT2D eigenvalue weighted by atomic mass is 9.97. The number of piperazine rings is 1. The molecule has 4 heterocycles. The monoisotopic (exact) mass is 763 g/mol. The molecular weight excluding hydrogens is 733 g/mol. The predicted molar refractivity (Wildman–Crippen MR) is 184 cm³/mol. The summed E-state index contributed by atoms with van der Waals surface area (Å²) in [6.07, 6.45) is -0.211. The van der Waals surface area contributed by atoms with E-state index in [0.29, 0.717) is 37.1 Å². The number of aryl methyl sites for hydroxylation is 1. The highest BCUT2D eigenvalue weighted by Crippen LogP contribution is 2.50. The van der Waals surface area contributed by atoms with Gasteiger partial charge in [-0.15, -0.1) is 0 Å². The van der Waals surface area contributed by atoms with E-state index in [0.717, 1.165) is 34.8 Å². The summed E-state index contributed by atoms with van der Waals surface area (Å²) in [5, 5.41) is -0.793. The van der Waals surface area contributed by atoms with Crippen molar-refractivity contribution in [3.8, 4) is 16.9 Å². The van der Waals surface area contributed by atoms with Crippen molar-refractivity contribution in [1.82, 2.24) is 24.4 Å². The maximum Gasteiger partial charge on any atom is 0.418 e. The largest absolute Gasteiger partial charge is 0.418 e. The third-order valence-electron chi connectivity index (χ3n) is 9.56. The number of hydrogen-bond acceptors (Lipinski definition) is 9. The summed E-state index contributed by atoms with van der Waals surface area (Å²) in [4.78, 5) is 41.9. The minimum atomic E-state index is -5.04. The van der Waals surface area contributed by atoms with Gasteiger partial charge in [0.1, 0.15) is 12.1 Å². The highest BCUT2D eigenvalue weighted by Gasteiger charge is 2.41. The van der Waals surface area contributed by atoms with E-state index in [-0.39, 0.29) is 66.2 Å². The first-order valence-electron chi connectivity index (χ1n) is 16.3. The molecule has 274 valence electrons. The fourth-order valence-corrected chi connectivity index (χ4v) is 8.28. The number of rotatable bonds is 7. The van der Waals surface area contributed by atoms with Crippen LogP contribution in [0.1, 0.15) is 60.0 Å². The van der Waals surface area contributed by atoms with Crippen molar-refractivity contribution in [3.63, 3.8) is 0 Å². The molecule has 3 aliphatic rings. The molecule has 3 fully saturated rings. The lowest BCUT2D eigenvalue weighted by Gasteiger charge is -2.37. The number of carbonyl (C=O) groups excluding carboxylic acids is 1. The first-order chi connectivity index (χ1) is 24.4. The van der Waals surface area contributed by atoms with Crippen LogP contribution in [0.15, 0.2) is 40.6 Å². The topological polar surface area (TPSA) is 144 Å². The second-order valence-corrected chi connectivity index (χ2v) is 15.7. The van der Waals surface area contributed by atoms with Crippen LogP contribution in [0, 0.1) is 12.7 Å². The minimum Gasteiger partial charge on any atom is -0.384 e. The molecule has 11 nitrogen and oxygen atoms in total. The van der Waals surface area contributed by atoms with Crippen molar-refractivity contribution >= 4 is 49.8 Å². The summed E-state index contributed by atoms with van der Waals surface area (Å²) in [5.74, 6) is -4.26. The van der Waals surface area contributed by atoms with Gasteiger partial charge in [0, 0.05) is 49.7 Å². The number of alkyl halides is 3. The summed E-state index contributed by atoms with van der Waals surface area (Å²) < 4.78 is 103. The summed E-state index contributed by atoms with van der Waals surface area (Å²) in [6, 6.07) is 2.09. The maximum absolute atomic E-state index is 17.7. The van der Waals surface area contributed by atoms with Crippen LogP contribution in [-0.2, 0) is 20.8 Å². The molecule has 2 saturated carbocycles. The number of anilines is 2. The number of sulfone groups is 1. The molecule has 0 radical (unpaired) electrons. The molecule has 0 bridgehead atoms. The molecule has 2 N–H and O–H groups in total. The van der Waals surface area contributed by atoms with E-state index in [4.69, 9.17) is 17.3 Å². The molecule has 3 aromatic heterocycles. The highest BCUT2D eigenvalue weighted by molar-refractivity contribution is 7.90. The van der Waals surface area contributed by atoms with Crippen LogP contribution in [0.2, 0.25) is 5.02 Å². The Bertz CT molecular complexity index is 2360. The van der Waals surface area contributed by atoms with Crippen molar-refractivity contribution in [2.75, 3.05) is 43.1 Å². The molecule has 1 saturated heterocycles. The number of carbonyl (C=O) groups is 1.